The molecule has 0 aliphatic carbocycles. The third kappa shape index (κ3) is 4.25. The molecule has 1 N–H and O–H groups in total. The molecule has 4 rings (SSSR count). The van der Waals surface area contributed by atoms with Crippen LogP contribution in [0.2, 0.25) is 0 Å². The SMILES string of the molecule is O=C(NCc1ccccc1)c1ccc(N2CCN(c3ccccn3)CC2)nn1. The second-order valence-electron chi connectivity index (χ2n) is 6.61. The number of anilines is 2. The Balaban J connectivity index is 1.31. The van der Waals surface area contributed by atoms with E-state index in [1.54, 1.807) is 6.07 Å². The van der Waals surface area contributed by atoms with Crippen LogP contribution in [-0.2, 0) is 6.54 Å². The molecule has 7 heteroatoms. The van der Waals surface area contributed by atoms with E-state index in [1.807, 2.05) is 60.8 Å². The zero-order valence-corrected chi connectivity index (χ0v) is 15.5. The highest BCUT2D eigenvalue weighted by atomic mass is 16.1. The Labute approximate surface area is 164 Å². The summed E-state index contributed by atoms with van der Waals surface area (Å²) in [6.07, 6.45) is 1.81. The molecule has 28 heavy (non-hydrogen) atoms. The van der Waals surface area contributed by atoms with E-state index in [1.165, 1.54) is 0 Å². The molecule has 1 aliphatic rings. The Morgan fingerprint density at radius 1 is 0.821 bits per heavy atom. The highest BCUT2D eigenvalue weighted by Gasteiger charge is 2.19. The van der Waals surface area contributed by atoms with Crippen LogP contribution in [0.3, 0.4) is 0 Å². The van der Waals surface area contributed by atoms with Crippen LogP contribution in [0.25, 0.3) is 0 Å². The lowest BCUT2D eigenvalue weighted by atomic mass is 10.2. The molecular formula is C21H22N6O. The molecular weight excluding hydrogens is 352 g/mol. The maximum Gasteiger partial charge on any atom is 0.272 e. The first-order valence-electron chi connectivity index (χ1n) is 9.36. The van der Waals surface area contributed by atoms with E-state index in [0.29, 0.717) is 12.2 Å². The normalized spacial score (nSPS) is 14.0. The molecule has 0 bridgehead atoms. The van der Waals surface area contributed by atoms with Gasteiger partial charge in [-0.2, -0.15) is 0 Å². The van der Waals surface area contributed by atoms with E-state index in [2.05, 4.69) is 30.3 Å². The number of nitrogens with one attached hydrogen (secondary N) is 1. The lowest BCUT2D eigenvalue weighted by Crippen LogP contribution is -2.47. The molecule has 0 radical (unpaired) electrons. The molecule has 0 unspecified atom stereocenters. The summed E-state index contributed by atoms with van der Waals surface area (Å²) in [6, 6.07) is 19.3. The Bertz CT molecular complexity index is 893. The number of aromatic nitrogens is 3. The number of hydrogen-bond donors (Lipinski definition) is 1. The zero-order chi connectivity index (χ0) is 19.2. The number of amides is 1. The van der Waals surface area contributed by atoms with Crippen LogP contribution in [0, 0.1) is 0 Å². The first kappa shape index (κ1) is 17.9. The van der Waals surface area contributed by atoms with Gasteiger partial charge in [0, 0.05) is 38.9 Å². The third-order valence-corrected chi connectivity index (χ3v) is 4.76. The molecule has 1 amide bonds. The highest BCUT2D eigenvalue weighted by molar-refractivity contribution is 5.92. The summed E-state index contributed by atoms with van der Waals surface area (Å²) in [5.74, 6) is 1.57. The van der Waals surface area contributed by atoms with Crippen molar-refractivity contribution in [1.82, 2.24) is 20.5 Å². The molecule has 3 heterocycles. The molecule has 1 aromatic carbocycles. The summed E-state index contributed by atoms with van der Waals surface area (Å²) in [4.78, 5) is 21.1. The lowest BCUT2D eigenvalue weighted by molar-refractivity contribution is 0.0945. The predicted octanol–water partition coefficient (Wildman–Crippen LogP) is 2.13. The minimum atomic E-state index is -0.220. The molecule has 2 aromatic heterocycles. The van der Waals surface area contributed by atoms with E-state index in [9.17, 15) is 4.79 Å². The van der Waals surface area contributed by atoms with Crippen LogP contribution in [0.4, 0.5) is 11.6 Å². The van der Waals surface area contributed by atoms with Crippen LogP contribution in [0.1, 0.15) is 16.1 Å². The Kier molecular flexibility index (Phi) is 5.42. The molecule has 7 nitrogen and oxygen atoms in total. The quantitative estimate of drug-likeness (QED) is 0.737. The summed E-state index contributed by atoms with van der Waals surface area (Å²) >= 11 is 0. The third-order valence-electron chi connectivity index (χ3n) is 4.76. The first-order valence-corrected chi connectivity index (χ1v) is 9.36. The van der Waals surface area contributed by atoms with Crippen LogP contribution in [0.15, 0.2) is 66.9 Å². The van der Waals surface area contributed by atoms with E-state index in [4.69, 9.17) is 0 Å². The smallest absolute Gasteiger partial charge is 0.272 e. The van der Waals surface area contributed by atoms with Gasteiger partial charge in [0.25, 0.3) is 5.91 Å². The molecule has 1 fully saturated rings. The topological polar surface area (TPSA) is 74.2 Å². The van der Waals surface area contributed by atoms with E-state index in [0.717, 1.165) is 43.4 Å². The van der Waals surface area contributed by atoms with Crippen molar-refractivity contribution in [3.05, 3.63) is 78.1 Å². The fourth-order valence-electron chi connectivity index (χ4n) is 3.19. The minimum absolute atomic E-state index is 0.220. The van der Waals surface area contributed by atoms with Crippen molar-refractivity contribution in [2.45, 2.75) is 6.54 Å². The van der Waals surface area contributed by atoms with Gasteiger partial charge in [0.15, 0.2) is 11.5 Å². The number of benzene rings is 1. The number of piperazine rings is 1. The molecule has 1 aliphatic heterocycles. The fraction of sp³-hybridized carbons (Fsp3) is 0.238. The number of carbonyl (C=O) groups is 1. The maximum atomic E-state index is 12.3. The van der Waals surface area contributed by atoms with E-state index in [-0.39, 0.29) is 5.91 Å². The largest absolute Gasteiger partial charge is 0.353 e. The first-order chi connectivity index (χ1) is 13.8. The monoisotopic (exact) mass is 374 g/mol. The summed E-state index contributed by atoms with van der Waals surface area (Å²) in [6.45, 7) is 3.89. The average molecular weight is 374 g/mol. The lowest BCUT2D eigenvalue weighted by Gasteiger charge is -2.35. The second kappa shape index (κ2) is 8.47. The van der Waals surface area contributed by atoms with Gasteiger partial charge in [-0.15, -0.1) is 10.2 Å². The molecule has 0 atom stereocenters. The van der Waals surface area contributed by atoms with Gasteiger partial charge in [-0.25, -0.2) is 4.98 Å². The van der Waals surface area contributed by atoms with Crippen LogP contribution in [0.5, 0.6) is 0 Å². The zero-order valence-electron chi connectivity index (χ0n) is 15.5. The van der Waals surface area contributed by atoms with E-state index >= 15 is 0 Å². The van der Waals surface area contributed by atoms with Crippen molar-refractivity contribution in [2.75, 3.05) is 36.0 Å². The predicted molar refractivity (Wildman–Crippen MR) is 108 cm³/mol. The Hall–Kier alpha value is -3.48. The summed E-state index contributed by atoms with van der Waals surface area (Å²) in [7, 11) is 0. The second-order valence-corrected chi connectivity index (χ2v) is 6.61. The van der Waals surface area contributed by atoms with Crippen LogP contribution < -0.4 is 15.1 Å². The molecule has 0 spiro atoms. The van der Waals surface area contributed by atoms with Crippen molar-refractivity contribution < 1.29 is 4.79 Å². The van der Waals surface area contributed by atoms with Gasteiger partial charge in [-0.05, 0) is 29.8 Å². The standard InChI is InChI=1S/C21H22N6O/c28-21(23-16-17-6-2-1-3-7-17)18-9-10-20(25-24-18)27-14-12-26(13-15-27)19-8-4-5-11-22-19/h1-11H,12-16H2,(H,23,28). The number of nitrogens with zero attached hydrogens (tertiary/aromatic N) is 5. The number of carbonyl (C=O) groups excluding carboxylic acids is 1. The number of rotatable bonds is 5. The summed E-state index contributed by atoms with van der Waals surface area (Å²) < 4.78 is 0. The molecule has 1 saturated heterocycles. The molecule has 0 saturated carbocycles. The van der Waals surface area contributed by atoms with Gasteiger partial charge in [-0.3, -0.25) is 4.79 Å². The summed E-state index contributed by atoms with van der Waals surface area (Å²) in [5.41, 5.74) is 1.37. The molecule has 3 aromatic rings. The van der Waals surface area contributed by atoms with Gasteiger partial charge in [0.2, 0.25) is 0 Å². The maximum absolute atomic E-state index is 12.3. The van der Waals surface area contributed by atoms with Crippen molar-refractivity contribution >= 4 is 17.5 Å². The average Bonchev–Trinajstić information content (AvgIpc) is 2.79. The summed E-state index contributed by atoms with van der Waals surface area (Å²) in [5, 5.41) is 11.2. The minimum Gasteiger partial charge on any atom is -0.353 e. The highest BCUT2D eigenvalue weighted by Crippen LogP contribution is 2.16. The van der Waals surface area contributed by atoms with Crippen molar-refractivity contribution in [3.8, 4) is 0 Å². The van der Waals surface area contributed by atoms with E-state index < -0.39 is 0 Å². The van der Waals surface area contributed by atoms with Crippen LogP contribution >= 0.6 is 0 Å². The van der Waals surface area contributed by atoms with Gasteiger partial charge >= 0.3 is 0 Å². The number of pyridine rings is 1. The van der Waals surface area contributed by atoms with Gasteiger partial charge in [0.05, 0.1) is 0 Å². The Morgan fingerprint density at radius 3 is 2.18 bits per heavy atom. The molecule has 142 valence electrons. The van der Waals surface area contributed by atoms with Gasteiger partial charge in [0.1, 0.15) is 5.82 Å². The fourth-order valence-corrected chi connectivity index (χ4v) is 3.19. The van der Waals surface area contributed by atoms with Gasteiger partial charge in [-0.1, -0.05) is 36.4 Å². The van der Waals surface area contributed by atoms with Crippen LogP contribution in [-0.4, -0.2) is 47.3 Å². The number of hydrogen-bond acceptors (Lipinski definition) is 6. The van der Waals surface area contributed by atoms with Crippen molar-refractivity contribution in [2.24, 2.45) is 0 Å². The Morgan fingerprint density at radius 2 is 1.54 bits per heavy atom. The van der Waals surface area contributed by atoms with Gasteiger partial charge < -0.3 is 15.1 Å². The van der Waals surface area contributed by atoms with Crippen molar-refractivity contribution in [3.63, 3.8) is 0 Å². The van der Waals surface area contributed by atoms with Crippen molar-refractivity contribution in [1.29, 1.82) is 0 Å².